The first kappa shape index (κ1) is 17.0. The van der Waals surface area contributed by atoms with Crippen LogP contribution in [0.15, 0.2) is 103 Å². The molecule has 0 unspecified atom stereocenters. The first-order chi connectivity index (χ1) is 16.9. The summed E-state index contributed by atoms with van der Waals surface area (Å²) in [6.45, 7) is 0. The maximum absolute atomic E-state index is 3.82. The number of fused-ring (bicyclic) bond motifs is 14. The van der Waals surface area contributed by atoms with Gasteiger partial charge in [0, 0.05) is 37.8 Å². The highest BCUT2D eigenvalue weighted by Crippen LogP contribution is 2.46. The van der Waals surface area contributed by atoms with Crippen LogP contribution in [0, 0.1) is 0 Å². The molecule has 9 rings (SSSR count). The minimum absolute atomic E-state index is 1.19. The molecule has 2 heteroatoms. The second-order valence-corrected chi connectivity index (χ2v) is 9.44. The van der Waals surface area contributed by atoms with E-state index in [2.05, 4.69) is 113 Å². The van der Waals surface area contributed by atoms with E-state index in [9.17, 15) is 0 Å². The molecule has 6 aromatic carbocycles. The van der Waals surface area contributed by atoms with Gasteiger partial charge in [0.25, 0.3) is 0 Å². The van der Waals surface area contributed by atoms with Gasteiger partial charge in [-0.15, -0.1) is 0 Å². The lowest BCUT2D eigenvalue weighted by Crippen LogP contribution is -1.85. The molecule has 34 heavy (non-hydrogen) atoms. The van der Waals surface area contributed by atoms with Crippen LogP contribution in [0.5, 0.6) is 0 Å². The van der Waals surface area contributed by atoms with E-state index in [0.717, 1.165) is 0 Å². The van der Waals surface area contributed by atoms with Crippen molar-refractivity contribution in [2.75, 3.05) is 0 Å². The van der Waals surface area contributed by atoms with Crippen LogP contribution in [-0.2, 0) is 0 Å². The molecule has 0 amide bonds. The van der Waals surface area contributed by atoms with E-state index in [4.69, 9.17) is 0 Å². The first-order valence-corrected chi connectivity index (χ1v) is 11.8. The number of hydrogen-bond donors (Lipinski definition) is 1. The summed E-state index contributed by atoms with van der Waals surface area (Å²) in [7, 11) is 0. The maximum Gasteiger partial charge on any atom is 0.0790 e. The third-order valence-electron chi connectivity index (χ3n) is 7.79. The highest BCUT2D eigenvalue weighted by molar-refractivity contribution is 6.38. The molecule has 0 spiro atoms. The van der Waals surface area contributed by atoms with Crippen LogP contribution in [0.25, 0.3) is 81.4 Å². The van der Waals surface area contributed by atoms with Crippen molar-refractivity contribution >= 4 is 81.4 Å². The number of nitrogens with one attached hydrogen (secondary N) is 1. The average Bonchev–Trinajstić information content (AvgIpc) is 3.54. The molecule has 3 aromatic heterocycles. The second kappa shape index (κ2) is 5.67. The molecule has 0 aliphatic rings. The van der Waals surface area contributed by atoms with E-state index in [1.165, 1.54) is 81.4 Å². The Hall–Kier alpha value is -4.56. The van der Waals surface area contributed by atoms with E-state index in [1.54, 1.807) is 0 Å². The summed E-state index contributed by atoms with van der Waals surface area (Å²) in [6.07, 6.45) is 0. The number of nitrogens with zero attached hydrogens (tertiary/aromatic N) is 1. The van der Waals surface area contributed by atoms with Gasteiger partial charge in [0.1, 0.15) is 0 Å². The summed E-state index contributed by atoms with van der Waals surface area (Å²) in [5.74, 6) is 0. The quantitative estimate of drug-likeness (QED) is 0.248. The lowest BCUT2D eigenvalue weighted by atomic mass is 9.98. The van der Waals surface area contributed by atoms with Gasteiger partial charge in [0.15, 0.2) is 0 Å². The topological polar surface area (TPSA) is 20.2 Å². The van der Waals surface area contributed by atoms with Crippen molar-refractivity contribution in [1.29, 1.82) is 0 Å². The monoisotopic (exact) mass is 430 g/mol. The minimum Gasteiger partial charge on any atom is -0.353 e. The average molecular weight is 431 g/mol. The standard InChI is InChI=1S/C32H18N2/c1-2-9-19-17-27-25(16-18(19)8-1)22-13-7-14-24-29-21-11-4-3-10-20(21)28-23-12-5-6-15-26(23)33-30(28)32(29)34(27)31(22)24/h1-17,33H. The number of hydrogen-bond acceptors (Lipinski definition) is 0. The number of para-hydroxylation sites is 2. The SMILES string of the molecule is c1ccc2cc3c(cc2c1)c1cccc2c4c5ccccc5c5c6ccccc6[nH]c5c4n3c12. The Kier molecular flexibility index (Phi) is 2.83. The van der Waals surface area contributed by atoms with Gasteiger partial charge in [-0.25, -0.2) is 0 Å². The molecule has 156 valence electrons. The summed E-state index contributed by atoms with van der Waals surface area (Å²) in [4.78, 5) is 3.82. The van der Waals surface area contributed by atoms with Crippen molar-refractivity contribution in [3.8, 4) is 0 Å². The van der Waals surface area contributed by atoms with Gasteiger partial charge in [-0.2, -0.15) is 0 Å². The van der Waals surface area contributed by atoms with Crippen molar-refractivity contribution in [3.63, 3.8) is 0 Å². The summed E-state index contributed by atoms with van der Waals surface area (Å²) in [6, 6.07) is 37.8. The molecule has 0 radical (unpaired) electrons. The summed E-state index contributed by atoms with van der Waals surface area (Å²) in [5, 5.41) is 13.1. The molecule has 0 bridgehead atoms. The van der Waals surface area contributed by atoms with Crippen LogP contribution < -0.4 is 0 Å². The molecule has 0 saturated heterocycles. The third-order valence-corrected chi connectivity index (χ3v) is 7.79. The van der Waals surface area contributed by atoms with Crippen molar-refractivity contribution in [2.24, 2.45) is 0 Å². The summed E-state index contributed by atoms with van der Waals surface area (Å²) in [5.41, 5.74) is 6.28. The normalized spacial score (nSPS) is 12.7. The minimum atomic E-state index is 1.19. The van der Waals surface area contributed by atoms with Gasteiger partial charge in [-0.1, -0.05) is 84.9 Å². The zero-order chi connectivity index (χ0) is 22.0. The molecule has 0 saturated carbocycles. The van der Waals surface area contributed by atoms with E-state index >= 15 is 0 Å². The lowest BCUT2D eigenvalue weighted by molar-refractivity contribution is 1.38. The lowest BCUT2D eigenvalue weighted by Gasteiger charge is -2.07. The largest absolute Gasteiger partial charge is 0.353 e. The number of aromatic amines is 1. The van der Waals surface area contributed by atoms with Crippen LogP contribution >= 0.6 is 0 Å². The molecule has 3 heterocycles. The van der Waals surface area contributed by atoms with E-state index in [1.807, 2.05) is 0 Å². The Morgan fingerprint density at radius 2 is 1.12 bits per heavy atom. The molecule has 0 fully saturated rings. The van der Waals surface area contributed by atoms with Crippen molar-refractivity contribution < 1.29 is 0 Å². The molecule has 0 aliphatic heterocycles. The second-order valence-electron chi connectivity index (χ2n) is 9.44. The smallest absolute Gasteiger partial charge is 0.0790 e. The zero-order valence-electron chi connectivity index (χ0n) is 18.3. The van der Waals surface area contributed by atoms with Gasteiger partial charge < -0.3 is 9.38 Å². The molecule has 1 N–H and O–H groups in total. The Bertz CT molecular complexity index is 2280. The van der Waals surface area contributed by atoms with Gasteiger partial charge in [-0.05, 0) is 39.7 Å². The van der Waals surface area contributed by atoms with Gasteiger partial charge in [0.2, 0.25) is 0 Å². The molecule has 0 atom stereocenters. The van der Waals surface area contributed by atoms with Crippen molar-refractivity contribution in [3.05, 3.63) is 103 Å². The van der Waals surface area contributed by atoms with Crippen molar-refractivity contribution in [1.82, 2.24) is 9.38 Å². The van der Waals surface area contributed by atoms with Crippen LogP contribution in [-0.4, -0.2) is 9.38 Å². The van der Waals surface area contributed by atoms with Crippen molar-refractivity contribution in [2.45, 2.75) is 0 Å². The molecule has 9 aromatic rings. The summed E-state index contributed by atoms with van der Waals surface area (Å²) < 4.78 is 2.52. The zero-order valence-corrected chi connectivity index (χ0v) is 18.3. The predicted octanol–water partition coefficient (Wildman–Crippen LogP) is 8.78. The van der Waals surface area contributed by atoms with Crippen LogP contribution in [0.1, 0.15) is 0 Å². The van der Waals surface area contributed by atoms with Crippen LogP contribution in [0.3, 0.4) is 0 Å². The fraction of sp³-hybridized carbons (Fsp3) is 0. The van der Waals surface area contributed by atoms with Crippen LogP contribution in [0.4, 0.5) is 0 Å². The Balaban J connectivity index is 1.71. The number of benzene rings is 6. The van der Waals surface area contributed by atoms with Gasteiger partial charge in [0.05, 0.1) is 22.1 Å². The first-order valence-electron chi connectivity index (χ1n) is 11.8. The number of rotatable bonds is 0. The molecule has 0 aliphatic carbocycles. The Morgan fingerprint density at radius 3 is 1.97 bits per heavy atom. The molecular weight excluding hydrogens is 412 g/mol. The predicted molar refractivity (Wildman–Crippen MR) is 145 cm³/mol. The molecular formula is C32H18N2. The third kappa shape index (κ3) is 1.83. The van der Waals surface area contributed by atoms with E-state index in [-0.39, 0.29) is 0 Å². The molecule has 2 nitrogen and oxygen atoms in total. The number of aromatic nitrogens is 2. The fourth-order valence-corrected chi connectivity index (χ4v) is 6.45. The van der Waals surface area contributed by atoms with Gasteiger partial charge >= 0.3 is 0 Å². The maximum atomic E-state index is 3.82. The van der Waals surface area contributed by atoms with Gasteiger partial charge in [-0.3, -0.25) is 0 Å². The highest BCUT2D eigenvalue weighted by Gasteiger charge is 2.23. The van der Waals surface area contributed by atoms with E-state index in [0.29, 0.717) is 0 Å². The summed E-state index contributed by atoms with van der Waals surface area (Å²) >= 11 is 0. The highest BCUT2D eigenvalue weighted by atomic mass is 14.9. The van der Waals surface area contributed by atoms with Crippen LogP contribution in [0.2, 0.25) is 0 Å². The Morgan fingerprint density at radius 1 is 0.471 bits per heavy atom. The Labute approximate surface area is 194 Å². The van der Waals surface area contributed by atoms with E-state index < -0.39 is 0 Å². The number of H-pyrrole nitrogens is 1. The fourth-order valence-electron chi connectivity index (χ4n) is 6.45.